The van der Waals surface area contributed by atoms with Crippen molar-refractivity contribution in [2.24, 2.45) is 0 Å². The molecule has 0 aliphatic carbocycles. The fraction of sp³-hybridized carbons (Fsp3) is 0.235. The molecule has 0 fully saturated rings. The van der Waals surface area contributed by atoms with Gasteiger partial charge in [0.2, 0.25) is 5.91 Å². The third-order valence-corrected chi connectivity index (χ3v) is 3.21. The molecule has 0 radical (unpaired) electrons. The summed E-state index contributed by atoms with van der Waals surface area (Å²) in [5.41, 5.74) is 1.21. The van der Waals surface area contributed by atoms with Crippen molar-refractivity contribution in [3.8, 4) is 0 Å². The number of hydrogen-bond acceptors (Lipinski definition) is 5. The minimum absolute atomic E-state index is 0.312. The topological polar surface area (TPSA) is 84.5 Å². The van der Waals surface area contributed by atoms with E-state index in [1.807, 2.05) is 32.0 Å². The number of rotatable bonds is 7. The average molecular weight is 352 g/mol. The first-order chi connectivity index (χ1) is 11.8. The number of carbonyl (C=O) groups excluding carboxylic acids is 3. The molecule has 1 amide bonds. The zero-order valence-corrected chi connectivity index (χ0v) is 14.0. The monoisotopic (exact) mass is 352 g/mol. The van der Waals surface area contributed by atoms with Gasteiger partial charge in [-0.2, -0.15) is 0 Å². The third-order valence-electron chi connectivity index (χ3n) is 3.21. The molecule has 1 aromatic rings. The third kappa shape index (κ3) is 5.52. The summed E-state index contributed by atoms with van der Waals surface area (Å²) in [5, 5.41) is 4.97. The molecule has 1 aromatic carbocycles. The van der Waals surface area contributed by atoms with Gasteiger partial charge in [-0.1, -0.05) is 18.2 Å². The van der Waals surface area contributed by atoms with Gasteiger partial charge >= 0.3 is 5.97 Å². The normalized spacial score (nSPS) is 12.1. The summed E-state index contributed by atoms with van der Waals surface area (Å²) in [5.74, 6) is -4.79. The van der Waals surface area contributed by atoms with Crippen LogP contribution in [0.3, 0.4) is 0 Å². The van der Waals surface area contributed by atoms with Crippen LogP contribution in [0.25, 0.3) is 0 Å². The summed E-state index contributed by atoms with van der Waals surface area (Å²) in [6, 6.07) is 5.50. The molecular weight excluding hydrogens is 334 g/mol. The van der Waals surface area contributed by atoms with Gasteiger partial charge in [-0.3, -0.25) is 9.59 Å². The van der Waals surface area contributed by atoms with Gasteiger partial charge in [0.25, 0.3) is 0 Å². The van der Waals surface area contributed by atoms with E-state index in [0.29, 0.717) is 11.9 Å². The van der Waals surface area contributed by atoms with E-state index in [1.165, 1.54) is 0 Å². The maximum Gasteiger partial charge on any atom is 0.344 e. The number of para-hydroxylation sites is 1. The molecule has 0 aliphatic rings. The van der Waals surface area contributed by atoms with Gasteiger partial charge < -0.3 is 15.4 Å². The number of carbonyl (C=O) groups is 3. The van der Waals surface area contributed by atoms with Crippen LogP contribution in [0, 0.1) is 13.8 Å². The highest BCUT2D eigenvalue weighted by molar-refractivity contribution is 5.98. The van der Waals surface area contributed by atoms with E-state index >= 15 is 0 Å². The molecule has 0 aliphatic heterocycles. The van der Waals surface area contributed by atoms with Crippen molar-refractivity contribution in [3.63, 3.8) is 0 Å². The molecule has 0 spiro atoms. The van der Waals surface area contributed by atoms with Crippen molar-refractivity contribution in [2.45, 2.75) is 13.8 Å². The number of methoxy groups -OCH3 is 1. The van der Waals surface area contributed by atoms with Crippen molar-refractivity contribution in [1.29, 1.82) is 0 Å². The first-order valence-corrected chi connectivity index (χ1v) is 7.20. The summed E-state index contributed by atoms with van der Waals surface area (Å²) < 4.78 is 31.3. The predicted molar refractivity (Wildman–Crippen MR) is 88.0 cm³/mol. The lowest BCUT2D eigenvalue weighted by molar-refractivity contribution is -0.136. The van der Waals surface area contributed by atoms with Gasteiger partial charge in [0.15, 0.2) is 17.9 Å². The number of amides is 1. The number of benzene rings is 1. The molecule has 0 aromatic heterocycles. The van der Waals surface area contributed by atoms with Gasteiger partial charge in [0.1, 0.15) is 5.57 Å². The number of aryl methyl sites for hydroxylation is 2. The maximum absolute atomic E-state index is 13.9. The second-order valence-corrected chi connectivity index (χ2v) is 5.02. The van der Waals surface area contributed by atoms with Gasteiger partial charge in [-0.15, -0.1) is 0 Å². The smallest absolute Gasteiger partial charge is 0.344 e. The van der Waals surface area contributed by atoms with Gasteiger partial charge in [-0.25, -0.2) is 13.6 Å². The van der Waals surface area contributed by atoms with Crippen LogP contribution < -0.4 is 10.6 Å². The molecule has 25 heavy (non-hydrogen) atoms. The number of nitrogens with one attached hydrogen (secondary N) is 2. The fourth-order valence-electron chi connectivity index (χ4n) is 1.97. The highest BCUT2D eigenvalue weighted by Crippen LogP contribution is 2.19. The van der Waals surface area contributed by atoms with Gasteiger partial charge in [-0.05, 0) is 25.0 Å². The lowest BCUT2D eigenvalue weighted by atomic mass is 10.1. The Labute approximate surface area is 143 Å². The second kappa shape index (κ2) is 9.31. The number of aldehydes is 1. The van der Waals surface area contributed by atoms with E-state index in [9.17, 15) is 23.2 Å². The fourth-order valence-corrected chi connectivity index (χ4v) is 1.97. The Kier molecular flexibility index (Phi) is 7.45. The molecule has 0 saturated carbocycles. The summed E-state index contributed by atoms with van der Waals surface area (Å²) in [6.07, 6.45) is 0.299. The van der Waals surface area contributed by atoms with Crippen molar-refractivity contribution < 1.29 is 27.9 Å². The number of esters is 1. The van der Waals surface area contributed by atoms with E-state index in [4.69, 9.17) is 0 Å². The Morgan fingerprint density at radius 1 is 1.20 bits per heavy atom. The molecule has 0 unspecified atom stereocenters. The molecule has 6 nitrogen and oxygen atoms in total. The zero-order valence-electron chi connectivity index (χ0n) is 14.0. The molecule has 1 rings (SSSR count). The summed E-state index contributed by atoms with van der Waals surface area (Å²) in [6.45, 7) is 3.31. The zero-order chi connectivity index (χ0) is 19.0. The Bertz CT molecular complexity index is 722. The van der Waals surface area contributed by atoms with Gasteiger partial charge in [0.05, 0.1) is 13.7 Å². The van der Waals surface area contributed by atoms with Crippen LogP contribution in [0.2, 0.25) is 0 Å². The van der Waals surface area contributed by atoms with Crippen LogP contribution in [0.15, 0.2) is 41.6 Å². The van der Waals surface area contributed by atoms with Crippen LogP contribution in [-0.2, 0) is 19.1 Å². The number of hydrogen-bond donors (Lipinski definition) is 2. The standard InChI is InChI=1S/C17H18F2N2O4/c1-10-5-4-6-11(2)16(10)21-14(23)8-20-7-12(18)15(13(19)9-22)17(24)25-3/h4-7,9,20H,8H2,1-3H3,(H,21,23)/b12-7+,15-13-. The lowest BCUT2D eigenvalue weighted by Crippen LogP contribution is -2.26. The first-order valence-electron chi connectivity index (χ1n) is 7.20. The van der Waals surface area contributed by atoms with Crippen molar-refractivity contribution in [2.75, 3.05) is 19.0 Å². The largest absolute Gasteiger partial charge is 0.465 e. The lowest BCUT2D eigenvalue weighted by Gasteiger charge is -2.11. The first kappa shape index (κ1) is 20.0. The molecule has 0 bridgehead atoms. The number of allylic oxidation sites excluding steroid dienone is 1. The molecule has 0 saturated heterocycles. The molecule has 8 heteroatoms. The Morgan fingerprint density at radius 3 is 2.32 bits per heavy atom. The minimum atomic E-state index is -1.61. The molecule has 0 atom stereocenters. The van der Waals surface area contributed by atoms with Crippen LogP contribution >= 0.6 is 0 Å². The van der Waals surface area contributed by atoms with Gasteiger partial charge in [0, 0.05) is 11.9 Å². The average Bonchev–Trinajstić information content (AvgIpc) is 2.58. The quantitative estimate of drug-likeness (QED) is 0.340. The molecule has 2 N–H and O–H groups in total. The van der Waals surface area contributed by atoms with E-state index < -0.39 is 29.1 Å². The number of ether oxygens (including phenoxy) is 1. The summed E-state index contributed by atoms with van der Waals surface area (Å²) >= 11 is 0. The van der Waals surface area contributed by atoms with Crippen LogP contribution in [0.4, 0.5) is 14.5 Å². The number of halogens is 2. The highest BCUT2D eigenvalue weighted by Gasteiger charge is 2.21. The molecule has 134 valence electrons. The Hall–Kier alpha value is -3.03. The Balaban J connectivity index is 2.77. The molecular formula is C17H18F2N2O4. The molecule has 0 heterocycles. The highest BCUT2D eigenvalue weighted by atomic mass is 19.1. The summed E-state index contributed by atoms with van der Waals surface area (Å²) in [4.78, 5) is 33.6. The van der Waals surface area contributed by atoms with Crippen LogP contribution in [0.5, 0.6) is 0 Å². The van der Waals surface area contributed by atoms with E-state index in [0.717, 1.165) is 18.2 Å². The van der Waals surface area contributed by atoms with Crippen LogP contribution in [0.1, 0.15) is 11.1 Å². The summed E-state index contributed by atoms with van der Waals surface area (Å²) in [7, 11) is 0.916. The van der Waals surface area contributed by atoms with E-state index in [-0.39, 0.29) is 12.8 Å². The Morgan fingerprint density at radius 2 is 1.80 bits per heavy atom. The van der Waals surface area contributed by atoms with Crippen molar-refractivity contribution >= 4 is 23.9 Å². The maximum atomic E-state index is 13.9. The van der Waals surface area contributed by atoms with Crippen LogP contribution in [-0.4, -0.2) is 31.8 Å². The predicted octanol–water partition coefficient (Wildman–Crippen LogP) is 2.24. The van der Waals surface area contributed by atoms with Crippen molar-refractivity contribution in [1.82, 2.24) is 5.32 Å². The SMILES string of the molecule is COC(=O)C(/C(F)=C\NCC(=O)Nc1c(C)cccc1C)=C(\F)C=O. The van der Waals surface area contributed by atoms with E-state index in [2.05, 4.69) is 15.4 Å². The van der Waals surface area contributed by atoms with E-state index in [1.54, 1.807) is 0 Å². The second-order valence-electron chi connectivity index (χ2n) is 5.02. The number of anilines is 1. The van der Waals surface area contributed by atoms with Crippen molar-refractivity contribution in [3.05, 3.63) is 52.8 Å². The minimum Gasteiger partial charge on any atom is -0.465 e.